The summed E-state index contributed by atoms with van der Waals surface area (Å²) < 4.78 is 1.93. The largest absolute Gasteiger partial charge is 0.361 e. The van der Waals surface area contributed by atoms with Gasteiger partial charge in [-0.3, -0.25) is 14.4 Å². The number of carbonyl (C=O) groups excluding carboxylic acids is 3. The number of hydrogen-bond donors (Lipinski definition) is 6. The van der Waals surface area contributed by atoms with Crippen LogP contribution in [0.4, 0.5) is 0 Å². The summed E-state index contributed by atoms with van der Waals surface area (Å²) in [5.41, 5.74) is 17.3. The number of pyridine rings is 1. The molecule has 284 valence electrons. The van der Waals surface area contributed by atoms with Crippen LogP contribution in [0.1, 0.15) is 54.4 Å². The fourth-order valence-electron chi connectivity index (χ4n) is 6.93. The fourth-order valence-corrected chi connectivity index (χ4v) is 7.99. The normalized spacial score (nSPS) is 18.9. The lowest BCUT2D eigenvalue weighted by atomic mass is 10.0. The number of fused-ring (bicyclic) bond motifs is 3. The molecule has 0 radical (unpaired) electrons. The molecule has 8 N–H and O–H groups in total. The third-order valence-corrected chi connectivity index (χ3v) is 11.3. The number of aromatic amines is 1. The minimum Gasteiger partial charge on any atom is -0.361 e. The number of H-pyrrole nitrogens is 1. The second-order valence-electron chi connectivity index (χ2n) is 13.7. The molecule has 1 aliphatic rings. The van der Waals surface area contributed by atoms with Crippen molar-refractivity contribution in [2.45, 2.75) is 86.6 Å². The molecule has 14 heteroatoms. The Labute approximate surface area is 320 Å². The highest BCUT2D eigenvalue weighted by molar-refractivity contribution is 7.99. The number of aryl methyl sites for hydroxylation is 1. The summed E-state index contributed by atoms with van der Waals surface area (Å²) in [6.45, 7) is 3.50. The average molecular weight is 751 g/mol. The highest BCUT2D eigenvalue weighted by Crippen LogP contribution is 2.36. The van der Waals surface area contributed by atoms with E-state index in [1.807, 2.05) is 60.3 Å². The molecule has 3 aromatic heterocycles. The Morgan fingerprint density at radius 3 is 2.52 bits per heavy atom. The first kappa shape index (κ1) is 38.7. The summed E-state index contributed by atoms with van der Waals surface area (Å²) in [4.78, 5) is 57.8. The van der Waals surface area contributed by atoms with E-state index >= 15 is 0 Å². The molecule has 5 aromatic rings. The number of aromatic nitrogens is 4. The van der Waals surface area contributed by atoms with Crippen molar-refractivity contribution in [2.75, 3.05) is 20.1 Å². The lowest BCUT2D eigenvalue weighted by Gasteiger charge is -2.32. The van der Waals surface area contributed by atoms with Crippen molar-refractivity contribution in [1.82, 2.24) is 40.4 Å². The van der Waals surface area contributed by atoms with Crippen molar-refractivity contribution in [1.29, 1.82) is 0 Å². The van der Waals surface area contributed by atoms with Crippen molar-refractivity contribution in [2.24, 2.45) is 11.5 Å². The van der Waals surface area contributed by atoms with E-state index in [2.05, 4.69) is 38.1 Å². The summed E-state index contributed by atoms with van der Waals surface area (Å²) in [6.07, 6.45) is 12.1. The van der Waals surface area contributed by atoms with Gasteiger partial charge in [-0.2, -0.15) is 0 Å². The van der Waals surface area contributed by atoms with Gasteiger partial charge in [0.2, 0.25) is 17.7 Å². The van der Waals surface area contributed by atoms with Gasteiger partial charge in [0, 0.05) is 72.8 Å². The van der Waals surface area contributed by atoms with Gasteiger partial charge in [-0.25, -0.2) is 9.97 Å². The third kappa shape index (κ3) is 9.19. The molecule has 3 unspecified atom stereocenters. The molecular formula is C40H50N10O3S. The van der Waals surface area contributed by atoms with Gasteiger partial charge in [0.1, 0.15) is 17.1 Å². The van der Waals surface area contributed by atoms with Gasteiger partial charge in [0.25, 0.3) is 0 Å². The molecule has 0 aliphatic carbocycles. The number of para-hydroxylation sites is 1. The van der Waals surface area contributed by atoms with E-state index < -0.39 is 18.1 Å². The molecule has 13 nitrogen and oxygen atoms in total. The van der Waals surface area contributed by atoms with E-state index in [1.54, 1.807) is 25.8 Å². The molecule has 3 amide bonds. The fraction of sp³-hybridized carbons (Fsp3) is 0.375. The first-order valence-electron chi connectivity index (χ1n) is 18.5. The third-order valence-electron chi connectivity index (χ3n) is 9.96. The summed E-state index contributed by atoms with van der Waals surface area (Å²) in [6, 6.07) is 13.5. The zero-order valence-corrected chi connectivity index (χ0v) is 31.7. The smallest absolute Gasteiger partial charge is 0.245 e. The molecule has 4 heterocycles. The zero-order valence-electron chi connectivity index (χ0n) is 30.9. The van der Waals surface area contributed by atoms with Crippen LogP contribution >= 0.6 is 11.8 Å². The molecule has 2 aromatic carbocycles. The van der Waals surface area contributed by atoms with E-state index in [0.29, 0.717) is 51.7 Å². The summed E-state index contributed by atoms with van der Waals surface area (Å²) in [7, 11) is 1.65. The van der Waals surface area contributed by atoms with Crippen LogP contribution in [0.25, 0.3) is 16.6 Å². The molecule has 0 saturated heterocycles. The molecular weight excluding hydrogens is 701 g/mol. The SMILES string of the molecule is Cc1cc(-n2ccnc2)cc2c1Sc1ncccc1CNC(CCCN)C(=O)NC(CCCCN)C(=O)N(C)C(Cc1c[nH]c3ccccc13)C(=O)NC2. The summed E-state index contributed by atoms with van der Waals surface area (Å²) >= 11 is 1.53. The number of imidazole rings is 1. The zero-order chi connectivity index (χ0) is 38.0. The van der Waals surface area contributed by atoms with Gasteiger partial charge in [0.15, 0.2) is 0 Å². The predicted octanol–water partition coefficient (Wildman–Crippen LogP) is 3.72. The minimum atomic E-state index is -0.885. The Bertz CT molecular complexity index is 2050. The number of benzene rings is 2. The van der Waals surface area contributed by atoms with Crippen molar-refractivity contribution in [3.05, 3.63) is 102 Å². The van der Waals surface area contributed by atoms with Gasteiger partial charge in [-0.05, 0) is 98.6 Å². The lowest BCUT2D eigenvalue weighted by Crippen LogP contribution is -2.57. The van der Waals surface area contributed by atoms with Crippen LogP contribution < -0.4 is 27.4 Å². The molecule has 0 saturated carbocycles. The van der Waals surface area contributed by atoms with Gasteiger partial charge in [-0.1, -0.05) is 36.0 Å². The highest BCUT2D eigenvalue weighted by Gasteiger charge is 2.34. The number of likely N-dealkylation sites (N-methyl/N-ethyl adjacent to an activating group) is 1. The van der Waals surface area contributed by atoms with Crippen LogP contribution in [0.15, 0.2) is 89.6 Å². The molecule has 0 fully saturated rings. The van der Waals surface area contributed by atoms with E-state index in [4.69, 9.17) is 16.5 Å². The quantitative estimate of drug-likeness (QED) is 0.116. The first-order chi connectivity index (χ1) is 26.3. The minimum absolute atomic E-state index is 0.204. The number of nitrogens with zero attached hydrogens (tertiary/aromatic N) is 4. The van der Waals surface area contributed by atoms with E-state index in [1.165, 1.54) is 16.7 Å². The number of amides is 3. The van der Waals surface area contributed by atoms with Crippen LogP contribution in [0.2, 0.25) is 0 Å². The van der Waals surface area contributed by atoms with Crippen molar-refractivity contribution in [3.8, 4) is 5.69 Å². The number of carbonyl (C=O) groups is 3. The van der Waals surface area contributed by atoms with Crippen molar-refractivity contribution in [3.63, 3.8) is 0 Å². The molecule has 1 aliphatic heterocycles. The summed E-state index contributed by atoms with van der Waals surface area (Å²) in [5.74, 6) is -0.947. The number of nitrogens with two attached hydrogens (primary N) is 2. The van der Waals surface area contributed by atoms with E-state index in [9.17, 15) is 14.4 Å². The van der Waals surface area contributed by atoms with Crippen LogP contribution in [0.3, 0.4) is 0 Å². The van der Waals surface area contributed by atoms with Crippen LogP contribution in [0, 0.1) is 6.92 Å². The highest BCUT2D eigenvalue weighted by atomic mass is 32.2. The van der Waals surface area contributed by atoms with Gasteiger partial charge >= 0.3 is 0 Å². The van der Waals surface area contributed by atoms with Crippen LogP contribution in [-0.4, -0.2) is 80.4 Å². The number of hydrogen-bond acceptors (Lipinski definition) is 9. The molecule has 6 rings (SSSR count). The standard InChI is InChI=1S/C40H50N10O3S/c1-26-19-30(50-18-17-43-25-50)20-29-24-47-38(52)35(21-28-23-45-32-11-4-3-10-31(28)32)49(2)40(53)34(12-5-6-14-41)48-37(51)33(13-7-15-42)46-22-27-9-8-16-44-39(27)54-36(26)29/h3-4,8-11,16-20,23,25,33-35,45-46H,5-7,12-15,21-22,24,41-42H2,1-2H3,(H,47,52)(H,48,51). The Morgan fingerprint density at radius 1 is 0.907 bits per heavy atom. The molecule has 0 bridgehead atoms. The second-order valence-corrected chi connectivity index (χ2v) is 14.7. The topological polar surface area (TPSA) is 189 Å². The Balaban J connectivity index is 1.43. The van der Waals surface area contributed by atoms with Crippen LogP contribution in [-0.2, 0) is 33.9 Å². The monoisotopic (exact) mass is 750 g/mol. The van der Waals surface area contributed by atoms with Gasteiger partial charge < -0.3 is 41.9 Å². The maximum atomic E-state index is 14.5. The number of nitrogens with one attached hydrogen (secondary N) is 4. The number of unbranched alkanes of at least 4 members (excludes halogenated alkanes) is 1. The van der Waals surface area contributed by atoms with Gasteiger partial charge in [-0.15, -0.1) is 0 Å². The van der Waals surface area contributed by atoms with Crippen molar-refractivity contribution < 1.29 is 14.4 Å². The molecule has 54 heavy (non-hydrogen) atoms. The van der Waals surface area contributed by atoms with E-state index in [-0.39, 0.29) is 30.7 Å². The first-order valence-corrected chi connectivity index (χ1v) is 19.4. The summed E-state index contributed by atoms with van der Waals surface area (Å²) in [5, 5.41) is 11.5. The number of rotatable bonds is 10. The molecule has 0 spiro atoms. The predicted molar refractivity (Wildman–Crippen MR) is 211 cm³/mol. The maximum Gasteiger partial charge on any atom is 0.245 e. The van der Waals surface area contributed by atoms with Crippen molar-refractivity contribution >= 4 is 40.4 Å². The lowest BCUT2D eigenvalue weighted by molar-refractivity contribution is -0.142. The van der Waals surface area contributed by atoms with E-state index in [0.717, 1.165) is 48.8 Å². The average Bonchev–Trinajstić information content (AvgIpc) is 3.87. The Morgan fingerprint density at radius 2 is 1.72 bits per heavy atom. The van der Waals surface area contributed by atoms with Crippen LogP contribution in [0.5, 0.6) is 0 Å². The molecule has 3 atom stereocenters. The Kier molecular flexibility index (Phi) is 13.1. The maximum absolute atomic E-state index is 14.5. The second kappa shape index (κ2) is 18.3. The Hall–Kier alpha value is -5.02. The van der Waals surface area contributed by atoms with Gasteiger partial charge in [0.05, 0.1) is 12.4 Å².